The molecular weight excluding hydrogens is 352 g/mol. The van der Waals surface area contributed by atoms with Crippen molar-refractivity contribution in [2.75, 3.05) is 0 Å². The number of hydrogen-bond acceptors (Lipinski definition) is 6. The van der Waals surface area contributed by atoms with E-state index < -0.39 is 0 Å². The Kier molecular flexibility index (Phi) is 3.48. The van der Waals surface area contributed by atoms with Crippen LogP contribution in [0.1, 0.15) is 22.8 Å². The molecular formula is C20H18N8. The van der Waals surface area contributed by atoms with Crippen molar-refractivity contribution < 1.29 is 0 Å². The van der Waals surface area contributed by atoms with Gasteiger partial charge in [0.2, 0.25) is 0 Å². The molecule has 0 saturated carbocycles. The second kappa shape index (κ2) is 5.91. The molecule has 0 spiro atoms. The van der Waals surface area contributed by atoms with Crippen LogP contribution in [-0.2, 0) is 0 Å². The van der Waals surface area contributed by atoms with Crippen molar-refractivity contribution in [2.24, 2.45) is 0 Å². The van der Waals surface area contributed by atoms with Crippen molar-refractivity contribution in [3.63, 3.8) is 0 Å². The molecule has 0 atom stereocenters. The van der Waals surface area contributed by atoms with Crippen LogP contribution >= 0.6 is 0 Å². The third kappa shape index (κ3) is 2.45. The van der Waals surface area contributed by atoms with Gasteiger partial charge in [-0.05, 0) is 27.7 Å². The monoisotopic (exact) mass is 370 g/mol. The summed E-state index contributed by atoms with van der Waals surface area (Å²) in [5, 5.41) is 16.4. The maximum Gasteiger partial charge on any atom is 0.185 e. The molecule has 1 aromatic carbocycles. The van der Waals surface area contributed by atoms with Crippen LogP contribution in [0.15, 0.2) is 24.3 Å². The smallest absolute Gasteiger partial charge is 0.185 e. The van der Waals surface area contributed by atoms with Crippen molar-refractivity contribution >= 4 is 22.1 Å². The largest absolute Gasteiger partial charge is 0.280 e. The molecule has 0 bridgehead atoms. The molecule has 8 heteroatoms. The molecule has 2 N–H and O–H groups in total. The lowest BCUT2D eigenvalue weighted by Gasteiger charge is -2.06. The molecule has 0 amide bonds. The molecule has 0 aliphatic rings. The van der Waals surface area contributed by atoms with Crippen LogP contribution in [-0.4, -0.2) is 40.3 Å². The second-order valence-corrected chi connectivity index (χ2v) is 6.94. The van der Waals surface area contributed by atoms with Gasteiger partial charge in [-0.2, -0.15) is 10.2 Å². The van der Waals surface area contributed by atoms with Gasteiger partial charge < -0.3 is 0 Å². The summed E-state index contributed by atoms with van der Waals surface area (Å²) in [4.78, 5) is 18.5. The van der Waals surface area contributed by atoms with Gasteiger partial charge in [0.05, 0.1) is 22.2 Å². The highest BCUT2D eigenvalue weighted by Crippen LogP contribution is 2.26. The molecule has 0 radical (unpaired) electrons. The van der Waals surface area contributed by atoms with Crippen LogP contribution < -0.4 is 0 Å². The molecule has 138 valence electrons. The molecule has 5 rings (SSSR count). The maximum atomic E-state index is 4.65. The summed E-state index contributed by atoms with van der Waals surface area (Å²) in [7, 11) is 0. The van der Waals surface area contributed by atoms with Gasteiger partial charge in [0.15, 0.2) is 22.9 Å². The van der Waals surface area contributed by atoms with E-state index in [0.717, 1.165) is 44.7 Å². The molecule has 4 heterocycles. The Morgan fingerprint density at radius 3 is 1.36 bits per heavy atom. The number of nitrogens with one attached hydrogen (secondary N) is 2. The maximum absolute atomic E-state index is 4.65. The lowest BCUT2D eigenvalue weighted by atomic mass is 10.1. The van der Waals surface area contributed by atoms with Gasteiger partial charge in [0.25, 0.3) is 0 Å². The molecule has 4 aromatic heterocycles. The molecule has 0 aliphatic carbocycles. The van der Waals surface area contributed by atoms with E-state index in [4.69, 9.17) is 0 Å². The first kappa shape index (κ1) is 16.5. The summed E-state index contributed by atoms with van der Waals surface area (Å²) in [5.74, 6) is 1.30. The summed E-state index contributed by atoms with van der Waals surface area (Å²) in [6, 6.07) is 7.92. The van der Waals surface area contributed by atoms with E-state index in [1.165, 1.54) is 0 Å². The minimum Gasteiger partial charge on any atom is -0.280 e. The number of aromatic nitrogens is 8. The molecule has 5 aromatic rings. The Morgan fingerprint density at radius 1 is 0.571 bits per heavy atom. The fourth-order valence-corrected chi connectivity index (χ4v) is 3.57. The third-order valence-corrected chi connectivity index (χ3v) is 4.95. The van der Waals surface area contributed by atoms with Crippen LogP contribution in [0.3, 0.4) is 0 Å². The average molecular weight is 370 g/mol. The number of rotatable bonds is 2. The third-order valence-electron chi connectivity index (χ3n) is 4.95. The molecule has 8 nitrogen and oxygen atoms in total. The highest BCUT2D eigenvalue weighted by Gasteiger charge is 2.13. The molecule has 0 unspecified atom stereocenters. The Bertz CT molecular complexity index is 1240. The van der Waals surface area contributed by atoms with Crippen molar-refractivity contribution in [1.82, 2.24) is 40.3 Å². The van der Waals surface area contributed by atoms with Gasteiger partial charge in [-0.3, -0.25) is 10.2 Å². The normalized spacial score (nSPS) is 11.6. The topological polar surface area (TPSA) is 109 Å². The predicted octanol–water partition coefficient (Wildman–Crippen LogP) is 3.59. The highest BCUT2D eigenvalue weighted by atomic mass is 15.2. The van der Waals surface area contributed by atoms with Crippen LogP contribution in [0.25, 0.3) is 44.8 Å². The van der Waals surface area contributed by atoms with Crippen molar-refractivity contribution in [3.8, 4) is 22.8 Å². The van der Waals surface area contributed by atoms with Crippen LogP contribution in [0.5, 0.6) is 0 Å². The summed E-state index contributed by atoms with van der Waals surface area (Å²) in [6.07, 6.45) is 0. The number of hydrogen-bond donors (Lipinski definition) is 2. The first-order chi connectivity index (χ1) is 13.5. The van der Waals surface area contributed by atoms with E-state index in [9.17, 15) is 0 Å². The second-order valence-electron chi connectivity index (χ2n) is 6.94. The summed E-state index contributed by atoms with van der Waals surface area (Å²) in [5.41, 5.74) is 6.98. The van der Waals surface area contributed by atoms with E-state index in [1.54, 1.807) is 0 Å². The van der Waals surface area contributed by atoms with Gasteiger partial charge in [-0.25, -0.2) is 19.9 Å². The van der Waals surface area contributed by atoms with Gasteiger partial charge in [-0.1, -0.05) is 24.3 Å². The highest BCUT2D eigenvalue weighted by molar-refractivity contribution is 5.83. The number of aryl methyl sites for hydroxylation is 4. The average Bonchev–Trinajstić information content (AvgIpc) is 3.25. The van der Waals surface area contributed by atoms with Crippen LogP contribution in [0.4, 0.5) is 0 Å². The lowest BCUT2D eigenvalue weighted by Crippen LogP contribution is -1.95. The predicted molar refractivity (Wildman–Crippen MR) is 107 cm³/mol. The van der Waals surface area contributed by atoms with Crippen molar-refractivity contribution in [2.45, 2.75) is 27.7 Å². The standard InChI is InChI=1S/C20H18N8/c1-9-15-11(3)25-27-19(15)23-17(21-9)13-5-7-14(8-6-13)18-22-10(2)16-12(4)26-28-20(16)24-18/h5-8H,1-4H3,(H,21,23,25,27)(H,22,24,26,28). The van der Waals surface area contributed by atoms with Gasteiger partial charge in [0, 0.05) is 22.5 Å². The number of nitrogens with zero attached hydrogens (tertiary/aromatic N) is 6. The minimum atomic E-state index is 0.651. The van der Waals surface area contributed by atoms with Gasteiger partial charge in [0.1, 0.15) is 0 Å². The molecule has 0 saturated heterocycles. The first-order valence-corrected chi connectivity index (χ1v) is 9.00. The zero-order chi connectivity index (χ0) is 19.4. The van der Waals surface area contributed by atoms with Crippen molar-refractivity contribution in [3.05, 3.63) is 47.0 Å². The molecule has 0 fully saturated rings. The zero-order valence-electron chi connectivity index (χ0n) is 16.0. The Balaban J connectivity index is 1.56. The number of H-pyrrole nitrogens is 2. The number of benzene rings is 1. The van der Waals surface area contributed by atoms with E-state index in [-0.39, 0.29) is 0 Å². The molecule has 28 heavy (non-hydrogen) atoms. The lowest BCUT2D eigenvalue weighted by molar-refractivity contribution is 1.05. The van der Waals surface area contributed by atoms with Crippen molar-refractivity contribution in [1.29, 1.82) is 0 Å². The Morgan fingerprint density at radius 2 is 0.964 bits per heavy atom. The summed E-state index contributed by atoms with van der Waals surface area (Å²) >= 11 is 0. The SMILES string of the molecule is Cc1nc(-c2ccc(-c3nc(C)c4c(C)[nH]nc4n3)cc2)nc2n[nH]c(C)c12. The fourth-order valence-electron chi connectivity index (χ4n) is 3.57. The van der Waals surface area contributed by atoms with Crippen LogP contribution in [0, 0.1) is 27.7 Å². The zero-order valence-corrected chi connectivity index (χ0v) is 16.0. The summed E-state index contributed by atoms with van der Waals surface area (Å²) in [6.45, 7) is 7.89. The minimum absolute atomic E-state index is 0.651. The Labute approximate surface area is 160 Å². The molecule has 0 aliphatic heterocycles. The van der Waals surface area contributed by atoms with E-state index >= 15 is 0 Å². The first-order valence-electron chi connectivity index (χ1n) is 9.00. The van der Waals surface area contributed by atoms with E-state index in [0.29, 0.717) is 22.9 Å². The Hall–Kier alpha value is -3.68. The number of fused-ring (bicyclic) bond motifs is 2. The summed E-state index contributed by atoms with van der Waals surface area (Å²) < 4.78 is 0. The van der Waals surface area contributed by atoms with Crippen LogP contribution in [0.2, 0.25) is 0 Å². The number of aromatic amines is 2. The fraction of sp³-hybridized carbons (Fsp3) is 0.200. The van der Waals surface area contributed by atoms with Gasteiger partial charge >= 0.3 is 0 Å². The van der Waals surface area contributed by atoms with E-state index in [2.05, 4.69) is 40.3 Å². The van der Waals surface area contributed by atoms with Gasteiger partial charge in [-0.15, -0.1) is 0 Å². The van der Waals surface area contributed by atoms with E-state index in [1.807, 2.05) is 52.0 Å². The quantitative estimate of drug-likeness (QED) is 0.491.